The molecule has 1 atom stereocenters. The standard InChI is InChI=1S/C21H23N3O/c1-16-7-9-18(10-8-16)14-24-12-11-19(15-24)21-23-22-20(25-21)13-17-5-3-2-4-6-17/h2-10,19H,11-15H2,1H3/t19-/m0/s1. The Kier molecular flexibility index (Phi) is 4.61. The van der Waals surface area contributed by atoms with Gasteiger partial charge in [-0.3, -0.25) is 4.90 Å². The third kappa shape index (κ3) is 3.97. The summed E-state index contributed by atoms with van der Waals surface area (Å²) in [6, 6.07) is 19.0. The summed E-state index contributed by atoms with van der Waals surface area (Å²) in [5.41, 5.74) is 3.87. The molecule has 0 unspecified atom stereocenters. The highest BCUT2D eigenvalue weighted by Crippen LogP contribution is 2.27. The first-order valence-corrected chi connectivity index (χ1v) is 8.90. The molecule has 0 bridgehead atoms. The van der Waals surface area contributed by atoms with Crippen LogP contribution in [0.5, 0.6) is 0 Å². The van der Waals surface area contributed by atoms with Crippen molar-refractivity contribution in [1.29, 1.82) is 0 Å². The van der Waals surface area contributed by atoms with Gasteiger partial charge in [-0.15, -0.1) is 10.2 Å². The van der Waals surface area contributed by atoms with Crippen molar-refractivity contribution in [1.82, 2.24) is 15.1 Å². The molecule has 1 aromatic heterocycles. The summed E-state index contributed by atoms with van der Waals surface area (Å²) < 4.78 is 5.94. The molecule has 0 radical (unpaired) electrons. The maximum absolute atomic E-state index is 5.94. The molecule has 128 valence electrons. The molecule has 0 spiro atoms. The van der Waals surface area contributed by atoms with E-state index < -0.39 is 0 Å². The van der Waals surface area contributed by atoms with Gasteiger partial charge < -0.3 is 4.42 Å². The van der Waals surface area contributed by atoms with E-state index in [4.69, 9.17) is 4.42 Å². The molecule has 0 amide bonds. The minimum atomic E-state index is 0.350. The maximum atomic E-state index is 5.94. The van der Waals surface area contributed by atoms with Crippen LogP contribution >= 0.6 is 0 Å². The predicted octanol–water partition coefficient (Wildman–Crippen LogP) is 3.96. The zero-order valence-electron chi connectivity index (χ0n) is 14.6. The number of hydrogen-bond acceptors (Lipinski definition) is 4. The molecule has 0 N–H and O–H groups in total. The van der Waals surface area contributed by atoms with Crippen molar-refractivity contribution in [2.24, 2.45) is 0 Å². The van der Waals surface area contributed by atoms with Crippen molar-refractivity contribution in [2.45, 2.75) is 32.2 Å². The SMILES string of the molecule is Cc1ccc(CN2CC[C@H](c3nnc(Cc4ccccc4)o3)C2)cc1. The van der Waals surface area contributed by atoms with Crippen LogP contribution in [0, 0.1) is 6.92 Å². The molecule has 0 saturated carbocycles. The molecule has 4 heteroatoms. The lowest BCUT2D eigenvalue weighted by atomic mass is 10.1. The van der Waals surface area contributed by atoms with Gasteiger partial charge in [-0.25, -0.2) is 0 Å². The number of aryl methyl sites for hydroxylation is 1. The van der Waals surface area contributed by atoms with Gasteiger partial charge in [0.15, 0.2) is 0 Å². The van der Waals surface area contributed by atoms with Gasteiger partial charge in [0.05, 0.1) is 12.3 Å². The first-order chi connectivity index (χ1) is 12.3. The number of likely N-dealkylation sites (tertiary alicyclic amines) is 1. The van der Waals surface area contributed by atoms with Gasteiger partial charge in [-0.1, -0.05) is 60.2 Å². The van der Waals surface area contributed by atoms with Crippen LogP contribution in [-0.4, -0.2) is 28.2 Å². The highest BCUT2D eigenvalue weighted by molar-refractivity contribution is 5.21. The summed E-state index contributed by atoms with van der Waals surface area (Å²) in [7, 11) is 0. The maximum Gasteiger partial charge on any atom is 0.220 e. The van der Waals surface area contributed by atoms with Crippen molar-refractivity contribution in [3.63, 3.8) is 0 Å². The summed E-state index contributed by atoms with van der Waals surface area (Å²) in [4.78, 5) is 2.47. The zero-order valence-corrected chi connectivity index (χ0v) is 14.6. The fourth-order valence-electron chi connectivity index (χ4n) is 3.40. The molecule has 3 aromatic rings. The summed E-state index contributed by atoms with van der Waals surface area (Å²) in [5.74, 6) is 1.85. The third-order valence-electron chi connectivity index (χ3n) is 4.83. The first-order valence-electron chi connectivity index (χ1n) is 8.90. The summed E-state index contributed by atoms with van der Waals surface area (Å²) in [6.45, 7) is 5.18. The minimum absolute atomic E-state index is 0.350. The normalized spacial score (nSPS) is 17.9. The van der Waals surface area contributed by atoms with E-state index in [1.165, 1.54) is 16.7 Å². The Bertz CT molecular complexity index is 811. The van der Waals surface area contributed by atoms with Crippen molar-refractivity contribution in [3.05, 3.63) is 83.1 Å². The van der Waals surface area contributed by atoms with Crippen LogP contribution in [0.25, 0.3) is 0 Å². The van der Waals surface area contributed by atoms with E-state index in [2.05, 4.69) is 58.4 Å². The lowest BCUT2D eigenvalue weighted by molar-refractivity contribution is 0.318. The molecule has 1 aliphatic rings. The average molecular weight is 333 g/mol. The van der Waals surface area contributed by atoms with Crippen LogP contribution in [-0.2, 0) is 13.0 Å². The molecular formula is C21H23N3O. The van der Waals surface area contributed by atoms with Crippen LogP contribution in [0.1, 0.15) is 40.8 Å². The quantitative estimate of drug-likeness (QED) is 0.709. The Morgan fingerprint density at radius 2 is 1.80 bits per heavy atom. The summed E-state index contributed by atoms with van der Waals surface area (Å²) >= 11 is 0. The van der Waals surface area contributed by atoms with Crippen molar-refractivity contribution in [2.75, 3.05) is 13.1 Å². The molecule has 1 saturated heterocycles. The summed E-state index contributed by atoms with van der Waals surface area (Å²) in [6.07, 6.45) is 1.78. The number of aromatic nitrogens is 2. The molecule has 25 heavy (non-hydrogen) atoms. The predicted molar refractivity (Wildman–Crippen MR) is 97.4 cm³/mol. The molecule has 4 rings (SSSR count). The Hall–Kier alpha value is -2.46. The lowest BCUT2D eigenvalue weighted by Crippen LogP contribution is -2.19. The molecule has 2 heterocycles. The lowest BCUT2D eigenvalue weighted by Gasteiger charge is -2.15. The van der Waals surface area contributed by atoms with E-state index >= 15 is 0 Å². The van der Waals surface area contributed by atoms with Crippen molar-refractivity contribution < 1.29 is 4.42 Å². The van der Waals surface area contributed by atoms with E-state index in [1.807, 2.05) is 18.2 Å². The van der Waals surface area contributed by atoms with E-state index in [1.54, 1.807) is 0 Å². The Morgan fingerprint density at radius 1 is 1.00 bits per heavy atom. The smallest absolute Gasteiger partial charge is 0.220 e. The molecule has 0 aliphatic carbocycles. The van der Waals surface area contributed by atoms with Crippen molar-refractivity contribution in [3.8, 4) is 0 Å². The minimum Gasteiger partial charge on any atom is -0.425 e. The highest BCUT2D eigenvalue weighted by Gasteiger charge is 2.28. The second-order valence-corrected chi connectivity index (χ2v) is 6.90. The second-order valence-electron chi connectivity index (χ2n) is 6.90. The number of hydrogen-bond donors (Lipinski definition) is 0. The molecular weight excluding hydrogens is 310 g/mol. The average Bonchev–Trinajstić information content (AvgIpc) is 3.27. The van der Waals surface area contributed by atoms with Crippen LogP contribution in [0.3, 0.4) is 0 Å². The monoisotopic (exact) mass is 333 g/mol. The zero-order chi connectivity index (χ0) is 17.1. The first kappa shape index (κ1) is 16.0. The van der Waals surface area contributed by atoms with Crippen LogP contribution in [0.2, 0.25) is 0 Å². The van der Waals surface area contributed by atoms with Gasteiger partial charge in [0.1, 0.15) is 0 Å². The Morgan fingerprint density at radius 3 is 2.60 bits per heavy atom. The van der Waals surface area contributed by atoms with Gasteiger partial charge in [0.25, 0.3) is 0 Å². The molecule has 1 fully saturated rings. The van der Waals surface area contributed by atoms with Crippen molar-refractivity contribution >= 4 is 0 Å². The van der Waals surface area contributed by atoms with Gasteiger partial charge in [0.2, 0.25) is 11.8 Å². The number of rotatable bonds is 5. The van der Waals surface area contributed by atoms with Gasteiger partial charge in [0, 0.05) is 13.1 Å². The molecule has 2 aromatic carbocycles. The van der Waals surface area contributed by atoms with E-state index in [0.717, 1.165) is 31.9 Å². The highest BCUT2D eigenvalue weighted by atomic mass is 16.4. The molecule has 1 aliphatic heterocycles. The molecule has 4 nitrogen and oxygen atoms in total. The fraction of sp³-hybridized carbons (Fsp3) is 0.333. The summed E-state index contributed by atoms with van der Waals surface area (Å²) in [5, 5.41) is 8.54. The number of benzene rings is 2. The second kappa shape index (κ2) is 7.19. The van der Waals surface area contributed by atoms with Crippen LogP contribution in [0.4, 0.5) is 0 Å². The topological polar surface area (TPSA) is 42.2 Å². The number of nitrogens with zero attached hydrogens (tertiary/aromatic N) is 3. The van der Waals surface area contributed by atoms with E-state index in [9.17, 15) is 0 Å². The van der Waals surface area contributed by atoms with Gasteiger partial charge in [-0.2, -0.15) is 0 Å². The van der Waals surface area contributed by atoms with Gasteiger partial charge >= 0.3 is 0 Å². The van der Waals surface area contributed by atoms with Crippen LogP contribution < -0.4 is 0 Å². The fourth-order valence-corrected chi connectivity index (χ4v) is 3.40. The van der Waals surface area contributed by atoms with Crippen LogP contribution in [0.15, 0.2) is 59.0 Å². The Labute approximate surface area is 148 Å². The van der Waals surface area contributed by atoms with E-state index in [0.29, 0.717) is 18.2 Å². The van der Waals surface area contributed by atoms with E-state index in [-0.39, 0.29) is 0 Å². The third-order valence-corrected chi connectivity index (χ3v) is 4.83. The largest absolute Gasteiger partial charge is 0.425 e. The van der Waals surface area contributed by atoms with Gasteiger partial charge in [-0.05, 0) is 31.0 Å². The Balaban J connectivity index is 1.36.